The number of carboxylic acids is 1. The molecule has 0 saturated carbocycles. The van der Waals surface area contributed by atoms with Crippen molar-refractivity contribution in [3.8, 4) is 11.1 Å². The Hall–Kier alpha value is -2.89. The third-order valence-electron chi connectivity index (χ3n) is 4.68. The molecular formula is C20H19Cl2F3N4O4. The minimum Gasteiger partial charge on any atom is -0.475 e. The molecule has 1 aromatic carbocycles. The number of likely N-dealkylation sites (N-methyl/N-ethyl adjacent to an activating group) is 1. The number of nitrogens with zero attached hydrogens (tertiary/aromatic N) is 2. The number of aliphatic carboxylic acids is 1. The molecule has 2 heterocycles. The van der Waals surface area contributed by atoms with E-state index in [1.165, 1.54) is 11.9 Å². The highest BCUT2D eigenvalue weighted by Crippen LogP contribution is 2.39. The first-order valence-corrected chi connectivity index (χ1v) is 10.0. The third-order valence-corrected chi connectivity index (χ3v) is 5.23. The number of hydrogen-bond donors (Lipinski definition) is 3. The molecule has 1 aromatic heterocycles. The number of nitrogens with two attached hydrogens (primary N) is 1. The van der Waals surface area contributed by atoms with Crippen LogP contribution in [0.25, 0.3) is 11.1 Å². The molecule has 178 valence electrons. The Bertz CT molecular complexity index is 1110. The summed E-state index contributed by atoms with van der Waals surface area (Å²) >= 11 is 12.4. The van der Waals surface area contributed by atoms with Crippen LogP contribution in [0.15, 0.2) is 18.2 Å². The monoisotopic (exact) mass is 506 g/mol. The quantitative estimate of drug-likeness (QED) is 0.584. The van der Waals surface area contributed by atoms with Crippen molar-refractivity contribution < 1.29 is 32.7 Å². The second-order valence-corrected chi connectivity index (χ2v) is 7.68. The maximum Gasteiger partial charge on any atom is 0.490 e. The first kappa shape index (κ1) is 26.4. The Kier molecular flexibility index (Phi) is 8.28. The third kappa shape index (κ3) is 5.92. The van der Waals surface area contributed by atoms with Crippen molar-refractivity contribution in [2.24, 2.45) is 5.73 Å². The highest BCUT2D eigenvalue weighted by molar-refractivity contribution is 6.36. The molecule has 0 spiro atoms. The van der Waals surface area contributed by atoms with Gasteiger partial charge in [0.1, 0.15) is 6.54 Å². The Balaban J connectivity index is 0.000000479. The largest absolute Gasteiger partial charge is 0.490 e. The van der Waals surface area contributed by atoms with E-state index < -0.39 is 12.1 Å². The molecule has 2 amide bonds. The number of aromatic nitrogens is 1. The molecule has 0 saturated heterocycles. The van der Waals surface area contributed by atoms with E-state index in [1.54, 1.807) is 18.2 Å². The van der Waals surface area contributed by atoms with Crippen molar-refractivity contribution in [1.29, 1.82) is 0 Å². The summed E-state index contributed by atoms with van der Waals surface area (Å²) in [5, 5.41) is 10.6. The fraction of sp³-hybridized carbons (Fsp3) is 0.300. The second kappa shape index (κ2) is 10.4. The minimum absolute atomic E-state index is 0.0313. The molecule has 0 aliphatic carbocycles. The SMILES string of the molecule is CNC(=O)CN1Cc2nc(C)c(CN)c(-c3ccc(Cl)cc3Cl)c2C1=O.O=C(O)C(F)(F)F. The van der Waals surface area contributed by atoms with Gasteiger partial charge in [0.2, 0.25) is 5.91 Å². The van der Waals surface area contributed by atoms with Crippen LogP contribution in [0.4, 0.5) is 13.2 Å². The van der Waals surface area contributed by atoms with Gasteiger partial charge in [-0.1, -0.05) is 29.3 Å². The van der Waals surface area contributed by atoms with Gasteiger partial charge in [0.05, 0.1) is 17.8 Å². The van der Waals surface area contributed by atoms with E-state index in [-0.39, 0.29) is 31.4 Å². The number of rotatable bonds is 4. The van der Waals surface area contributed by atoms with Crippen molar-refractivity contribution in [1.82, 2.24) is 15.2 Å². The highest BCUT2D eigenvalue weighted by Gasteiger charge is 2.38. The Morgan fingerprint density at radius 1 is 1.27 bits per heavy atom. The topological polar surface area (TPSA) is 126 Å². The van der Waals surface area contributed by atoms with Gasteiger partial charge in [0.15, 0.2) is 0 Å². The normalized spacial score (nSPS) is 12.7. The smallest absolute Gasteiger partial charge is 0.475 e. The van der Waals surface area contributed by atoms with E-state index in [0.717, 1.165) is 11.3 Å². The number of halogens is 5. The van der Waals surface area contributed by atoms with Crippen LogP contribution in [-0.4, -0.2) is 52.5 Å². The van der Waals surface area contributed by atoms with E-state index in [4.69, 9.17) is 38.8 Å². The molecule has 33 heavy (non-hydrogen) atoms. The van der Waals surface area contributed by atoms with Gasteiger partial charge in [-0.25, -0.2) is 4.79 Å². The van der Waals surface area contributed by atoms with Crippen LogP contribution in [0.3, 0.4) is 0 Å². The summed E-state index contributed by atoms with van der Waals surface area (Å²) in [7, 11) is 1.53. The van der Waals surface area contributed by atoms with E-state index in [1.807, 2.05) is 6.92 Å². The second-order valence-electron chi connectivity index (χ2n) is 6.84. The van der Waals surface area contributed by atoms with E-state index in [9.17, 15) is 22.8 Å². The molecule has 13 heteroatoms. The number of carbonyl (C=O) groups excluding carboxylic acids is 2. The lowest BCUT2D eigenvalue weighted by molar-refractivity contribution is -0.192. The Labute approximate surface area is 196 Å². The van der Waals surface area contributed by atoms with Gasteiger partial charge < -0.3 is 21.1 Å². The van der Waals surface area contributed by atoms with Gasteiger partial charge in [0, 0.05) is 40.5 Å². The predicted octanol–water partition coefficient (Wildman–Crippen LogP) is 3.16. The summed E-state index contributed by atoms with van der Waals surface area (Å²) in [6, 6.07) is 5.11. The van der Waals surface area contributed by atoms with Gasteiger partial charge in [-0.2, -0.15) is 13.2 Å². The highest BCUT2D eigenvalue weighted by atomic mass is 35.5. The molecule has 0 fully saturated rings. The zero-order valence-corrected chi connectivity index (χ0v) is 18.9. The van der Waals surface area contributed by atoms with Gasteiger partial charge >= 0.3 is 12.1 Å². The average Bonchev–Trinajstić information content (AvgIpc) is 3.01. The van der Waals surface area contributed by atoms with Crippen LogP contribution in [0, 0.1) is 6.92 Å². The number of fused-ring (bicyclic) bond motifs is 1. The van der Waals surface area contributed by atoms with Crippen LogP contribution in [0.2, 0.25) is 10.0 Å². The van der Waals surface area contributed by atoms with Crippen molar-refractivity contribution in [2.75, 3.05) is 13.6 Å². The maximum atomic E-state index is 13.0. The van der Waals surface area contributed by atoms with Crippen molar-refractivity contribution in [2.45, 2.75) is 26.2 Å². The summed E-state index contributed by atoms with van der Waals surface area (Å²) in [6.07, 6.45) is -5.08. The molecule has 0 radical (unpaired) electrons. The molecule has 0 bridgehead atoms. The van der Waals surface area contributed by atoms with Crippen LogP contribution in [0.1, 0.15) is 27.3 Å². The average molecular weight is 507 g/mol. The molecule has 0 atom stereocenters. The number of nitrogens with one attached hydrogen (secondary N) is 1. The summed E-state index contributed by atoms with van der Waals surface area (Å²) in [4.78, 5) is 39.6. The molecule has 1 aliphatic rings. The standard InChI is InChI=1S/C18H18Cl2N4O2.C2HF3O2/c1-9-12(6-21)16(11-4-3-10(19)5-13(11)20)17-14(23-9)7-24(18(17)26)8-15(25)22-2;3-2(4,5)1(6)7/h3-5H,6-8,21H2,1-2H3,(H,22,25);(H,6,7). The predicted molar refractivity (Wildman–Crippen MR) is 115 cm³/mol. The van der Waals surface area contributed by atoms with E-state index in [2.05, 4.69) is 10.3 Å². The number of aryl methyl sites for hydroxylation is 1. The number of pyridine rings is 1. The van der Waals surface area contributed by atoms with Crippen LogP contribution < -0.4 is 11.1 Å². The number of amides is 2. The molecular weight excluding hydrogens is 488 g/mol. The van der Waals surface area contributed by atoms with Crippen molar-refractivity contribution in [3.63, 3.8) is 0 Å². The van der Waals surface area contributed by atoms with Gasteiger partial charge in [0.25, 0.3) is 5.91 Å². The number of carboxylic acid groups (broad SMARTS) is 1. The first-order valence-electron chi connectivity index (χ1n) is 9.29. The van der Waals surface area contributed by atoms with Gasteiger partial charge in [-0.3, -0.25) is 14.6 Å². The zero-order chi connectivity index (χ0) is 25.1. The molecule has 2 aromatic rings. The van der Waals surface area contributed by atoms with Gasteiger partial charge in [-0.05, 0) is 24.6 Å². The lowest BCUT2D eigenvalue weighted by atomic mass is 9.93. The van der Waals surface area contributed by atoms with Crippen LogP contribution in [-0.2, 0) is 22.7 Å². The summed E-state index contributed by atoms with van der Waals surface area (Å²) < 4.78 is 31.7. The zero-order valence-electron chi connectivity index (χ0n) is 17.4. The number of alkyl halides is 3. The fourth-order valence-corrected chi connectivity index (χ4v) is 3.68. The van der Waals surface area contributed by atoms with E-state index in [0.29, 0.717) is 32.4 Å². The molecule has 0 unspecified atom stereocenters. The first-order chi connectivity index (χ1) is 15.3. The molecule has 3 rings (SSSR count). The van der Waals surface area contributed by atoms with Crippen molar-refractivity contribution >= 4 is 41.0 Å². The molecule has 1 aliphatic heterocycles. The van der Waals surface area contributed by atoms with Crippen LogP contribution in [0.5, 0.6) is 0 Å². The minimum atomic E-state index is -5.08. The number of benzene rings is 1. The summed E-state index contributed by atoms with van der Waals surface area (Å²) in [6.45, 7) is 2.30. The summed E-state index contributed by atoms with van der Waals surface area (Å²) in [5.41, 5.74) is 9.85. The lowest BCUT2D eigenvalue weighted by Crippen LogP contribution is -2.35. The van der Waals surface area contributed by atoms with Crippen LogP contribution >= 0.6 is 23.2 Å². The number of hydrogen-bond acceptors (Lipinski definition) is 5. The molecule has 8 nitrogen and oxygen atoms in total. The Morgan fingerprint density at radius 2 is 1.88 bits per heavy atom. The lowest BCUT2D eigenvalue weighted by Gasteiger charge is -2.17. The van der Waals surface area contributed by atoms with Crippen molar-refractivity contribution in [3.05, 3.63) is 50.8 Å². The maximum absolute atomic E-state index is 13.0. The Morgan fingerprint density at radius 3 is 2.36 bits per heavy atom. The molecule has 4 N–H and O–H groups in total. The fourth-order valence-electron chi connectivity index (χ4n) is 3.18. The number of carbonyl (C=O) groups is 3. The summed E-state index contributed by atoms with van der Waals surface area (Å²) in [5.74, 6) is -3.26. The van der Waals surface area contributed by atoms with E-state index >= 15 is 0 Å². The van der Waals surface area contributed by atoms with Gasteiger partial charge in [-0.15, -0.1) is 0 Å².